The van der Waals surface area contributed by atoms with E-state index in [0.29, 0.717) is 4.88 Å². The number of rotatable bonds is 4. The molecular formula is C29H31BO3S. The van der Waals surface area contributed by atoms with E-state index in [9.17, 15) is 4.79 Å². The number of hydrogen-bond acceptors (Lipinski definition) is 4. The Morgan fingerprint density at radius 3 is 1.85 bits per heavy atom. The fraction of sp³-hybridized carbons (Fsp3) is 0.345. The van der Waals surface area contributed by atoms with E-state index in [-0.39, 0.29) is 23.7 Å². The molecule has 5 heteroatoms. The Labute approximate surface area is 207 Å². The molecule has 0 atom stereocenters. The third kappa shape index (κ3) is 5.05. The first kappa shape index (κ1) is 24.5. The van der Waals surface area contributed by atoms with Crippen molar-refractivity contribution < 1.29 is 14.1 Å². The van der Waals surface area contributed by atoms with Gasteiger partial charge in [-0.25, -0.2) is 0 Å². The number of carbonyl (C=O) groups excluding carboxylic acids is 1. The molecule has 0 amide bonds. The maximum absolute atomic E-state index is 11.4. The molecule has 0 saturated carbocycles. The predicted octanol–water partition coefficient (Wildman–Crippen LogP) is 6.59. The second-order valence-corrected chi connectivity index (χ2v) is 11.9. The molecule has 0 radical (unpaired) electrons. The van der Waals surface area contributed by atoms with Crippen LogP contribution in [-0.2, 0) is 9.31 Å². The van der Waals surface area contributed by atoms with E-state index in [4.69, 9.17) is 9.31 Å². The van der Waals surface area contributed by atoms with Gasteiger partial charge >= 0.3 is 7.12 Å². The monoisotopic (exact) mass is 470 g/mol. The summed E-state index contributed by atoms with van der Waals surface area (Å²) < 4.78 is 12.3. The molecule has 3 nitrogen and oxygen atoms in total. The lowest BCUT2D eigenvalue weighted by Crippen LogP contribution is -2.41. The molecule has 1 fully saturated rings. The van der Waals surface area contributed by atoms with Gasteiger partial charge in [0.15, 0.2) is 6.29 Å². The average molecular weight is 470 g/mol. The molecule has 0 aliphatic carbocycles. The highest BCUT2D eigenvalue weighted by molar-refractivity contribution is 7.14. The summed E-state index contributed by atoms with van der Waals surface area (Å²) in [7, 11) is -0.361. The van der Waals surface area contributed by atoms with Crippen molar-refractivity contribution in [2.75, 3.05) is 0 Å². The van der Waals surface area contributed by atoms with E-state index in [1.54, 1.807) is 0 Å². The summed E-state index contributed by atoms with van der Waals surface area (Å²) in [6.07, 6.45) is 0.895. The van der Waals surface area contributed by atoms with Gasteiger partial charge in [-0.2, -0.15) is 0 Å². The van der Waals surface area contributed by atoms with Crippen LogP contribution < -0.4 is 5.46 Å². The largest absolute Gasteiger partial charge is 0.494 e. The number of benzene rings is 2. The lowest BCUT2D eigenvalue weighted by molar-refractivity contribution is 0.00578. The summed E-state index contributed by atoms with van der Waals surface area (Å²) in [6, 6.07) is 18.7. The van der Waals surface area contributed by atoms with Gasteiger partial charge in [0.25, 0.3) is 0 Å². The van der Waals surface area contributed by atoms with E-state index in [2.05, 4.69) is 109 Å². The van der Waals surface area contributed by atoms with Crippen molar-refractivity contribution in [2.45, 2.75) is 59.7 Å². The number of carbonyl (C=O) groups is 1. The normalized spacial score (nSPS) is 16.7. The maximum Gasteiger partial charge on any atom is 0.494 e. The van der Waals surface area contributed by atoms with Crippen molar-refractivity contribution in [3.05, 3.63) is 64.4 Å². The molecule has 0 spiro atoms. The Kier molecular flexibility index (Phi) is 6.37. The minimum atomic E-state index is -0.361. The molecule has 2 aromatic carbocycles. The second-order valence-electron chi connectivity index (χ2n) is 10.8. The summed E-state index contributed by atoms with van der Waals surface area (Å²) in [5.74, 6) is 6.57. The van der Waals surface area contributed by atoms with E-state index < -0.39 is 0 Å². The summed E-state index contributed by atoms with van der Waals surface area (Å²) in [5, 5.41) is 0. The quantitative estimate of drug-likeness (QED) is 0.245. The Morgan fingerprint density at radius 1 is 0.853 bits per heavy atom. The van der Waals surface area contributed by atoms with Gasteiger partial charge in [-0.15, -0.1) is 11.3 Å². The first-order valence-electron chi connectivity index (χ1n) is 11.6. The van der Waals surface area contributed by atoms with Crippen molar-refractivity contribution in [3.8, 4) is 34.1 Å². The third-order valence-corrected chi connectivity index (χ3v) is 7.36. The molecule has 174 valence electrons. The minimum absolute atomic E-state index is 0.0985. The smallest absolute Gasteiger partial charge is 0.399 e. The zero-order valence-corrected chi connectivity index (χ0v) is 21.8. The molecule has 1 aliphatic heterocycles. The van der Waals surface area contributed by atoms with Gasteiger partial charge in [0.1, 0.15) is 0 Å². The molecule has 0 N–H and O–H groups in total. The summed E-state index contributed by atoms with van der Waals surface area (Å²) in [5.41, 5.74) is 4.52. The number of thiophene rings is 1. The van der Waals surface area contributed by atoms with Crippen molar-refractivity contribution in [1.29, 1.82) is 0 Å². The molecule has 3 aromatic rings. The average Bonchev–Trinajstić information content (AvgIpc) is 3.29. The zero-order chi connectivity index (χ0) is 24.7. The predicted molar refractivity (Wildman–Crippen MR) is 143 cm³/mol. The SMILES string of the molecule is CC(C)(C)C#Cc1sc(C=O)cc1-c1ccc(-c2ccc(B3OC(C)(C)C(C)(C)O3)cc2)cc1. The fourth-order valence-electron chi connectivity index (χ4n) is 3.67. The van der Waals surface area contributed by atoms with Gasteiger partial charge in [0, 0.05) is 11.0 Å². The zero-order valence-electron chi connectivity index (χ0n) is 21.0. The molecule has 1 aromatic heterocycles. The highest BCUT2D eigenvalue weighted by atomic mass is 32.1. The van der Waals surface area contributed by atoms with Crippen LogP contribution in [0.2, 0.25) is 0 Å². The fourth-order valence-corrected chi connectivity index (χ4v) is 4.52. The standard InChI is InChI=1S/C29H31BO3S/c1-27(2,3)17-16-26-25(18-24(19-31)34-26)22-10-8-20(9-11-22)21-12-14-23(15-13-21)30-32-28(4,5)29(6,7)33-30/h8-15,18-19H,1-7H3. The molecule has 1 aliphatic rings. The Morgan fingerprint density at radius 2 is 1.35 bits per heavy atom. The van der Waals surface area contributed by atoms with Crippen molar-refractivity contribution >= 4 is 30.2 Å². The maximum atomic E-state index is 11.4. The van der Waals surface area contributed by atoms with E-state index in [0.717, 1.165) is 38.9 Å². The van der Waals surface area contributed by atoms with Crippen molar-refractivity contribution in [3.63, 3.8) is 0 Å². The van der Waals surface area contributed by atoms with E-state index in [1.165, 1.54) is 11.3 Å². The summed E-state index contributed by atoms with van der Waals surface area (Å²) >= 11 is 1.44. The molecular weight excluding hydrogens is 439 g/mol. The lowest BCUT2D eigenvalue weighted by Gasteiger charge is -2.32. The highest BCUT2D eigenvalue weighted by Crippen LogP contribution is 2.37. The minimum Gasteiger partial charge on any atom is -0.399 e. The van der Waals surface area contributed by atoms with Gasteiger partial charge in [-0.1, -0.05) is 60.4 Å². The highest BCUT2D eigenvalue weighted by Gasteiger charge is 2.51. The summed E-state index contributed by atoms with van der Waals surface area (Å²) in [4.78, 5) is 13.0. The van der Waals surface area contributed by atoms with Crippen LogP contribution in [0.1, 0.15) is 63.0 Å². The Hall–Kier alpha value is -2.65. The second kappa shape index (κ2) is 8.85. The third-order valence-electron chi connectivity index (χ3n) is 6.38. The molecule has 4 rings (SSSR count). The van der Waals surface area contributed by atoms with Gasteiger partial charge < -0.3 is 9.31 Å². The number of aldehydes is 1. The summed E-state index contributed by atoms with van der Waals surface area (Å²) in [6.45, 7) is 14.5. The molecule has 34 heavy (non-hydrogen) atoms. The van der Waals surface area contributed by atoms with Crippen LogP contribution in [0.4, 0.5) is 0 Å². The number of hydrogen-bond donors (Lipinski definition) is 0. The van der Waals surface area contributed by atoms with E-state index >= 15 is 0 Å². The van der Waals surface area contributed by atoms with Crippen LogP contribution in [0.3, 0.4) is 0 Å². The van der Waals surface area contributed by atoms with Crippen LogP contribution in [0.25, 0.3) is 22.3 Å². The first-order chi connectivity index (χ1) is 15.9. The van der Waals surface area contributed by atoms with Crippen LogP contribution in [0.5, 0.6) is 0 Å². The Balaban J connectivity index is 1.57. The molecule has 2 heterocycles. The van der Waals surface area contributed by atoms with E-state index in [1.807, 2.05) is 6.07 Å². The molecule has 1 saturated heterocycles. The lowest BCUT2D eigenvalue weighted by atomic mass is 9.78. The topological polar surface area (TPSA) is 35.5 Å². The van der Waals surface area contributed by atoms with Crippen LogP contribution in [0.15, 0.2) is 54.6 Å². The van der Waals surface area contributed by atoms with Crippen molar-refractivity contribution in [2.24, 2.45) is 5.41 Å². The van der Waals surface area contributed by atoms with Crippen LogP contribution >= 0.6 is 11.3 Å². The van der Waals surface area contributed by atoms with Gasteiger partial charge in [0.2, 0.25) is 0 Å². The van der Waals surface area contributed by atoms with Crippen molar-refractivity contribution in [1.82, 2.24) is 0 Å². The van der Waals surface area contributed by atoms with Gasteiger partial charge in [-0.05, 0) is 76.7 Å². The first-order valence-corrected chi connectivity index (χ1v) is 12.4. The molecule has 0 bridgehead atoms. The van der Waals surface area contributed by atoms with Gasteiger partial charge in [0.05, 0.1) is 21.0 Å². The van der Waals surface area contributed by atoms with Crippen LogP contribution in [-0.4, -0.2) is 24.6 Å². The Bertz CT molecular complexity index is 1230. The molecule has 0 unspecified atom stereocenters. The van der Waals surface area contributed by atoms with Crippen LogP contribution in [0, 0.1) is 17.3 Å². The van der Waals surface area contributed by atoms with Gasteiger partial charge in [-0.3, -0.25) is 4.79 Å².